The van der Waals surface area contributed by atoms with Gasteiger partial charge in [-0.2, -0.15) is 0 Å². The van der Waals surface area contributed by atoms with Gasteiger partial charge in [-0.25, -0.2) is 0 Å². The van der Waals surface area contributed by atoms with E-state index in [0.717, 1.165) is 4.47 Å². The molecule has 1 aromatic carbocycles. The molecule has 1 saturated heterocycles. The minimum absolute atomic E-state index is 0.0528. The second kappa shape index (κ2) is 4.70. The number of carboxylic acid groups (broad SMARTS) is 1. The number of rotatable bonds is 2. The summed E-state index contributed by atoms with van der Waals surface area (Å²) < 4.78 is 0.888. The number of carboxylic acids is 1. The zero-order valence-electron chi connectivity index (χ0n) is 9.60. The largest absolute Gasteiger partial charge is 0.480 e. The summed E-state index contributed by atoms with van der Waals surface area (Å²) in [5, 5.41) is 9.01. The first-order chi connectivity index (χ1) is 8.42. The normalized spacial score (nSPS) is 23.1. The van der Waals surface area contributed by atoms with Crippen LogP contribution in [0.15, 0.2) is 28.7 Å². The Morgan fingerprint density at radius 3 is 2.44 bits per heavy atom. The predicted molar refractivity (Wildman–Crippen MR) is 69.2 cm³/mol. The summed E-state index contributed by atoms with van der Waals surface area (Å²) in [5.74, 6) is -1.25. The van der Waals surface area contributed by atoms with E-state index in [2.05, 4.69) is 15.9 Å². The smallest absolute Gasteiger partial charge is 0.325 e. The van der Waals surface area contributed by atoms with Crippen LogP contribution in [-0.2, 0) is 4.79 Å². The van der Waals surface area contributed by atoms with Gasteiger partial charge in [-0.1, -0.05) is 15.9 Å². The van der Waals surface area contributed by atoms with E-state index in [1.54, 1.807) is 24.3 Å². The van der Waals surface area contributed by atoms with Gasteiger partial charge in [-0.15, -0.1) is 0 Å². The van der Waals surface area contributed by atoms with Crippen LogP contribution in [0.5, 0.6) is 0 Å². The van der Waals surface area contributed by atoms with Crippen LogP contribution in [0, 0.1) is 0 Å². The van der Waals surface area contributed by atoms with Crippen molar-refractivity contribution in [1.82, 2.24) is 4.90 Å². The number of amides is 1. The van der Waals surface area contributed by atoms with Crippen LogP contribution in [0.4, 0.5) is 0 Å². The molecule has 0 spiro atoms. The molecule has 1 heterocycles. The van der Waals surface area contributed by atoms with Crippen molar-refractivity contribution in [3.05, 3.63) is 34.3 Å². The van der Waals surface area contributed by atoms with E-state index in [1.807, 2.05) is 0 Å². The number of hydrogen-bond acceptors (Lipinski definition) is 3. The fourth-order valence-electron chi connectivity index (χ4n) is 1.96. The van der Waals surface area contributed by atoms with E-state index in [4.69, 9.17) is 10.8 Å². The highest BCUT2D eigenvalue weighted by atomic mass is 79.9. The van der Waals surface area contributed by atoms with E-state index < -0.39 is 11.5 Å². The zero-order valence-corrected chi connectivity index (χ0v) is 11.2. The predicted octanol–water partition coefficient (Wildman–Crippen LogP) is 1.08. The Kier molecular flexibility index (Phi) is 3.41. The van der Waals surface area contributed by atoms with Crippen molar-refractivity contribution < 1.29 is 14.7 Å². The van der Waals surface area contributed by atoms with E-state index in [1.165, 1.54) is 4.90 Å². The lowest BCUT2D eigenvalue weighted by atomic mass is 10.0. The molecular weight excluding hydrogens is 300 g/mol. The highest BCUT2D eigenvalue weighted by molar-refractivity contribution is 9.10. The van der Waals surface area contributed by atoms with Gasteiger partial charge in [-0.05, 0) is 30.7 Å². The maximum atomic E-state index is 12.1. The third-order valence-electron chi connectivity index (χ3n) is 3.11. The van der Waals surface area contributed by atoms with Gasteiger partial charge < -0.3 is 15.7 Å². The van der Waals surface area contributed by atoms with Crippen molar-refractivity contribution in [3.63, 3.8) is 0 Å². The molecule has 5 nitrogen and oxygen atoms in total. The Bertz CT molecular complexity index is 489. The Hall–Kier alpha value is -1.40. The molecule has 1 aliphatic rings. The van der Waals surface area contributed by atoms with E-state index in [-0.39, 0.29) is 18.9 Å². The summed E-state index contributed by atoms with van der Waals surface area (Å²) in [6, 6.07) is 6.94. The molecule has 3 N–H and O–H groups in total. The monoisotopic (exact) mass is 312 g/mol. The third kappa shape index (κ3) is 2.39. The maximum Gasteiger partial charge on any atom is 0.325 e. The Morgan fingerprint density at radius 1 is 1.33 bits per heavy atom. The van der Waals surface area contributed by atoms with E-state index in [9.17, 15) is 9.59 Å². The highest BCUT2D eigenvalue weighted by Crippen LogP contribution is 2.21. The number of halogens is 1. The molecule has 0 bridgehead atoms. The average molecular weight is 313 g/mol. The number of likely N-dealkylation sites (tertiary alicyclic amines) is 1. The summed E-state index contributed by atoms with van der Waals surface area (Å²) in [6.07, 6.45) is 0.282. The fraction of sp³-hybridized carbons (Fsp3) is 0.333. The number of carbonyl (C=O) groups excluding carboxylic acids is 1. The lowest BCUT2D eigenvalue weighted by Gasteiger charge is -2.20. The zero-order chi connectivity index (χ0) is 13.3. The number of hydrogen-bond donors (Lipinski definition) is 2. The Morgan fingerprint density at radius 2 is 1.94 bits per heavy atom. The summed E-state index contributed by atoms with van der Waals surface area (Å²) in [6.45, 7) is 0.426. The van der Waals surface area contributed by atoms with Gasteiger partial charge in [0.15, 0.2) is 0 Å². The van der Waals surface area contributed by atoms with Gasteiger partial charge in [0.1, 0.15) is 5.54 Å². The molecule has 2 rings (SSSR count). The van der Waals surface area contributed by atoms with Crippen LogP contribution in [0.25, 0.3) is 0 Å². The lowest BCUT2D eigenvalue weighted by Crippen LogP contribution is -2.50. The second-order valence-corrected chi connectivity index (χ2v) is 5.36. The van der Waals surface area contributed by atoms with Crippen LogP contribution >= 0.6 is 15.9 Å². The highest BCUT2D eigenvalue weighted by Gasteiger charge is 2.42. The van der Waals surface area contributed by atoms with Crippen molar-refractivity contribution in [2.75, 3.05) is 13.1 Å². The maximum absolute atomic E-state index is 12.1. The summed E-state index contributed by atoms with van der Waals surface area (Å²) in [7, 11) is 0. The lowest BCUT2D eigenvalue weighted by molar-refractivity contribution is -0.142. The van der Waals surface area contributed by atoms with Crippen LogP contribution in [0.3, 0.4) is 0 Å². The van der Waals surface area contributed by atoms with Crippen molar-refractivity contribution >= 4 is 27.8 Å². The molecule has 1 amide bonds. The topological polar surface area (TPSA) is 83.6 Å². The van der Waals surface area contributed by atoms with Crippen molar-refractivity contribution in [2.45, 2.75) is 12.0 Å². The van der Waals surface area contributed by atoms with Gasteiger partial charge in [0.25, 0.3) is 5.91 Å². The van der Waals surface area contributed by atoms with Crippen molar-refractivity contribution in [1.29, 1.82) is 0 Å². The first kappa shape index (κ1) is 13.0. The number of nitrogens with zero attached hydrogens (tertiary/aromatic N) is 1. The molecule has 96 valence electrons. The van der Waals surface area contributed by atoms with Crippen LogP contribution < -0.4 is 5.73 Å². The fourth-order valence-corrected chi connectivity index (χ4v) is 2.22. The first-order valence-corrected chi connectivity index (χ1v) is 6.29. The number of carbonyl (C=O) groups is 2. The molecule has 1 unspecified atom stereocenters. The van der Waals surface area contributed by atoms with Gasteiger partial charge in [0.2, 0.25) is 0 Å². The molecule has 18 heavy (non-hydrogen) atoms. The molecule has 0 saturated carbocycles. The van der Waals surface area contributed by atoms with Crippen molar-refractivity contribution in [2.24, 2.45) is 5.73 Å². The van der Waals surface area contributed by atoms with Crippen LogP contribution in [-0.4, -0.2) is 40.5 Å². The molecule has 1 aliphatic heterocycles. The molecule has 6 heteroatoms. The second-order valence-electron chi connectivity index (χ2n) is 4.44. The standard InChI is InChI=1S/C12H13BrN2O3/c13-9-3-1-8(2-4-9)10(16)15-6-5-12(14,7-15)11(17)18/h1-4H,5-7,14H2,(H,17,18). The molecular formula is C12H13BrN2O3. The number of aliphatic carboxylic acids is 1. The average Bonchev–Trinajstić information content (AvgIpc) is 2.73. The SMILES string of the molecule is NC1(C(=O)O)CCN(C(=O)c2ccc(Br)cc2)C1. The van der Waals surface area contributed by atoms with Crippen LogP contribution in [0.1, 0.15) is 16.8 Å². The molecule has 1 aromatic rings. The van der Waals surface area contributed by atoms with Gasteiger partial charge in [0, 0.05) is 23.1 Å². The minimum atomic E-state index is -1.31. The molecule has 0 aromatic heterocycles. The van der Waals surface area contributed by atoms with E-state index >= 15 is 0 Å². The third-order valence-corrected chi connectivity index (χ3v) is 3.63. The van der Waals surface area contributed by atoms with Crippen LogP contribution in [0.2, 0.25) is 0 Å². The van der Waals surface area contributed by atoms with Gasteiger partial charge in [-0.3, -0.25) is 9.59 Å². The Labute approximate surface area is 113 Å². The minimum Gasteiger partial charge on any atom is -0.480 e. The molecule has 0 radical (unpaired) electrons. The Balaban J connectivity index is 2.12. The van der Waals surface area contributed by atoms with E-state index in [0.29, 0.717) is 12.1 Å². The molecule has 1 fully saturated rings. The summed E-state index contributed by atoms with van der Waals surface area (Å²) in [5.41, 5.74) is 4.95. The first-order valence-electron chi connectivity index (χ1n) is 5.49. The van der Waals surface area contributed by atoms with Crippen molar-refractivity contribution in [3.8, 4) is 0 Å². The summed E-state index contributed by atoms with van der Waals surface area (Å²) >= 11 is 3.29. The van der Waals surface area contributed by atoms with Gasteiger partial charge in [0.05, 0.1) is 0 Å². The molecule has 0 aliphatic carbocycles. The van der Waals surface area contributed by atoms with Gasteiger partial charge >= 0.3 is 5.97 Å². The quantitative estimate of drug-likeness (QED) is 0.856. The summed E-state index contributed by atoms with van der Waals surface area (Å²) in [4.78, 5) is 24.6. The number of benzene rings is 1. The number of nitrogens with two attached hydrogens (primary N) is 1. The molecule has 1 atom stereocenters.